The van der Waals surface area contributed by atoms with E-state index in [0.717, 1.165) is 18.0 Å². The van der Waals surface area contributed by atoms with E-state index < -0.39 is 0 Å². The first-order valence-corrected chi connectivity index (χ1v) is 7.23. The molecule has 0 aromatic heterocycles. The van der Waals surface area contributed by atoms with Crippen LogP contribution in [0, 0.1) is 5.92 Å². The molecule has 1 N–H and O–H groups in total. The number of hydrogen-bond acceptors (Lipinski definition) is 2. The molecule has 2 nitrogen and oxygen atoms in total. The minimum Gasteiger partial charge on any atom is -0.314 e. The molecular formula is C14H28N2. The Morgan fingerprint density at radius 2 is 1.88 bits per heavy atom. The van der Waals surface area contributed by atoms with E-state index in [2.05, 4.69) is 24.1 Å². The second kappa shape index (κ2) is 6.02. The maximum absolute atomic E-state index is 3.60. The largest absolute Gasteiger partial charge is 0.314 e. The number of piperidine rings is 1. The molecule has 0 aromatic rings. The summed E-state index contributed by atoms with van der Waals surface area (Å²) in [5.74, 6) is 0.958. The van der Waals surface area contributed by atoms with Gasteiger partial charge in [-0.25, -0.2) is 0 Å². The zero-order valence-corrected chi connectivity index (χ0v) is 11.0. The van der Waals surface area contributed by atoms with E-state index in [4.69, 9.17) is 0 Å². The highest BCUT2D eigenvalue weighted by Gasteiger charge is 2.21. The maximum atomic E-state index is 3.60. The van der Waals surface area contributed by atoms with Gasteiger partial charge in [-0.2, -0.15) is 0 Å². The minimum absolute atomic E-state index is 0.800. The molecule has 1 saturated heterocycles. The molecule has 94 valence electrons. The number of likely N-dealkylation sites (tertiary alicyclic amines) is 1. The quantitative estimate of drug-likeness (QED) is 0.698. The maximum Gasteiger partial charge on any atom is 0.00682 e. The average Bonchev–Trinajstić information content (AvgIpc) is 3.09. The molecule has 2 heteroatoms. The molecule has 16 heavy (non-hydrogen) atoms. The van der Waals surface area contributed by atoms with Crippen molar-refractivity contribution >= 4 is 0 Å². The second-order valence-corrected chi connectivity index (χ2v) is 5.94. The molecule has 1 heterocycles. The Morgan fingerprint density at radius 1 is 1.19 bits per heavy atom. The van der Waals surface area contributed by atoms with Gasteiger partial charge in [0.05, 0.1) is 0 Å². The second-order valence-electron chi connectivity index (χ2n) is 5.94. The van der Waals surface area contributed by atoms with Crippen molar-refractivity contribution < 1.29 is 0 Å². The van der Waals surface area contributed by atoms with Crippen molar-refractivity contribution in [2.45, 2.75) is 64.5 Å². The van der Waals surface area contributed by atoms with Crippen molar-refractivity contribution in [3.63, 3.8) is 0 Å². The number of rotatable bonds is 6. The summed E-state index contributed by atoms with van der Waals surface area (Å²) < 4.78 is 0. The van der Waals surface area contributed by atoms with Gasteiger partial charge in [-0.05, 0) is 71.0 Å². The molecule has 0 spiro atoms. The first-order chi connectivity index (χ1) is 7.75. The van der Waals surface area contributed by atoms with Crippen molar-refractivity contribution in [1.82, 2.24) is 10.2 Å². The summed E-state index contributed by atoms with van der Waals surface area (Å²) in [6.07, 6.45) is 8.37. The SMILES string of the molecule is CC1CCN(C(C)CCCNC2CC2)CC1. The summed E-state index contributed by atoms with van der Waals surface area (Å²) >= 11 is 0. The van der Waals surface area contributed by atoms with Gasteiger partial charge in [0.1, 0.15) is 0 Å². The predicted octanol–water partition coefficient (Wildman–Crippen LogP) is 2.64. The molecule has 1 aliphatic heterocycles. The molecule has 1 aliphatic carbocycles. The highest BCUT2D eigenvalue weighted by Crippen LogP contribution is 2.20. The normalized spacial score (nSPS) is 25.9. The van der Waals surface area contributed by atoms with Gasteiger partial charge in [0.2, 0.25) is 0 Å². The Bertz CT molecular complexity index is 193. The summed E-state index contributed by atoms with van der Waals surface area (Å²) in [6.45, 7) is 8.70. The fourth-order valence-electron chi connectivity index (χ4n) is 2.64. The Balaban J connectivity index is 1.53. The Labute approximate surface area is 101 Å². The molecule has 0 radical (unpaired) electrons. The highest BCUT2D eigenvalue weighted by atomic mass is 15.2. The van der Waals surface area contributed by atoms with Crippen LogP contribution in [0.2, 0.25) is 0 Å². The van der Waals surface area contributed by atoms with Gasteiger partial charge in [-0.1, -0.05) is 6.92 Å². The van der Waals surface area contributed by atoms with E-state index >= 15 is 0 Å². The van der Waals surface area contributed by atoms with Crippen LogP contribution in [-0.4, -0.2) is 36.6 Å². The van der Waals surface area contributed by atoms with Crippen LogP contribution in [0.15, 0.2) is 0 Å². The van der Waals surface area contributed by atoms with E-state index in [-0.39, 0.29) is 0 Å². The lowest BCUT2D eigenvalue weighted by Gasteiger charge is -2.35. The van der Waals surface area contributed by atoms with Gasteiger partial charge in [-0.3, -0.25) is 0 Å². The first-order valence-electron chi connectivity index (χ1n) is 7.23. The third-order valence-electron chi connectivity index (χ3n) is 4.25. The molecule has 2 aliphatic rings. The van der Waals surface area contributed by atoms with Crippen molar-refractivity contribution in [2.75, 3.05) is 19.6 Å². The minimum atomic E-state index is 0.800. The van der Waals surface area contributed by atoms with Crippen LogP contribution in [0.4, 0.5) is 0 Å². The summed E-state index contributed by atoms with van der Waals surface area (Å²) in [5.41, 5.74) is 0. The number of nitrogens with one attached hydrogen (secondary N) is 1. The summed E-state index contributed by atoms with van der Waals surface area (Å²) in [5, 5.41) is 3.60. The molecule has 2 rings (SSSR count). The molecule has 1 saturated carbocycles. The number of hydrogen-bond donors (Lipinski definition) is 1. The highest BCUT2D eigenvalue weighted by molar-refractivity contribution is 4.81. The average molecular weight is 224 g/mol. The molecular weight excluding hydrogens is 196 g/mol. The van der Waals surface area contributed by atoms with Crippen LogP contribution < -0.4 is 5.32 Å². The topological polar surface area (TPSA) is 15.3 Å². The van der Waals surface area contributed by atoms with Gasteiger partial charge in [0, 0.05) is 12.1 Å². The molecule has 0 bridgehead atoms. The van der Waals surface area contributed by atoms with Crippen LogP contribution in [0.3, 0.4) is 0 Å². The fourth-order valence-corrected chi connectivity index (χ4v) is 2.64. The lowest BCUT2D eigenvalue weighted by atomic mass is 9.97. The van der Waals surface area contributed by atoms with E-state index in [1.165, 1.54) is 58.2 Å². The van der Waals surface area contributed by atoms with Crippen molar-refractivity contribution in [1.29, 1.82) is 0 Å². The third-order valence-corrected chi connectivity index (χ3v) is 4.25. The van der Waals surface area contributed by atoms with Crippen LogP contribution in [0.25, 0.3) is 0 Å². The molecule has 2 fully saturated rings. The fraction of sp³-hybridized carbons (Fsp3) is 1.00. The van der Waals surface area contributed by atoms with E-state index in [9.17, 15) is 0 Å². The van der Waals surface area contributed by atoms with Gasteiger partial charge in [-0.15, -0.1) is 0 Å². The molecule has 1 unspecified atom stereocenters. The van der Waals surface area contributed by atoms with E-state index in [1.807, 2.05) is 0 Å². The Kier molecular flexibility index (Phi) is 4.66. The molecule has 1 atom stereocenters. The zero-order chi connectivity index (χ0) is 11.4. The van der Waals surface area contributed by atoms with E-state index in [1.54, 1.807) is 0 Å². The lowest BCUT2D eigenvalue weighted by molar-refractivity contribution is 0.139. The van der Waals surface area contributed by atoms with Crippen molar-refractivity contribution in [3.05, 3.63) is 0 Å². The zero-order valence-electron chi connectivity index (χ0n) is 11.0. The molecule has 0 amide bonds. The summed E-state index contributed by atoms with van der Waals surface area (Å²) in [4.78, 5) is 2.69. The van der Waals surface area contributed by atoms with Crippen LogP contribution >= 0.6 is 0 Å². The van der Waals surface area contributed by atoms with Crippen LogP contribution in [-0.2, 0) is 0 Å². The summed E-state index contributed by atoms with van der Waals surface area (Å²) in [7, 11) is 0. The van der Waals surface area contributed by atoms with Crippen molar-refractivity contribution in [2.24, 2.45) is 5.92 Å². The van der Waals surface area contributed by atoms with E-state index in [0.29, 0.717) is 0 Å². The van der Waals surface area contributed by atoms with Crippen LogP contribution in [0.1, 0.15) is 52.4 Å². The monoisotopic (exact) mass is 224 g/mol. The third kappa shape index (κ3) is 4.06. The van der Waals surface area contributed by atoms with Crippen LogP contribution in [0.5, 0.6) is 0 Å². The van der Waals surface area contributed by atoms with Gasteiger partial charge in [0.25, 0.3) is 0 Å². The standard InChI is InChI=1S/C14H28N2/c1-12-7-10-16(11-8-12)13(2)4-3-9-15-14-5-6-14/h12-15H,3-11H2,1-2H3. The number of nitrogens with zero attached hydrogens (tertiary/aromatic N) is 1. The van der Waals surface area contributed by atoms with Crippen molar-refractivity contribution in [3.8, 4) is 0 Å². The smallest absolute Gasteiger partial charge is 0.00682 e. The lowest BCUT2D eigenvalue weighted by Crippen LogP contribution is -2.39. The van der Waals surface area contributed by atoms with Gasteiger partial charge >= 0.3 is 0 Å². The Morgan fingerprint density at radius 3 is 2.50 bits per heavy atom. The Hall–Kier alpha value is -0.0800. The predicted molar refractivity (Wildman–Crippen MR) is 69.7 cm³/mol. The summed E-state index contributed by atoms with van der Waals surface area (Å²) in [6, 6.07) is 1.68. The van der Waals surface area contributed by atoms with Gasteiger partial charge in [0.15, 0.2) is 0 Å². The molecule has 0 aromatic carbocycles. The first kappa shape index (κ1) is 12.4. The van der Waals surface area contributed by atoms with Gasteiger partial charge < -0.3 is 10.2 Å².